The molecule has 0 amide bonds. The normalized spacial score (nSPS) is 10.8. The van der Waals surface area contributed by atoms with Gasteiger partial charge in [-0.25, -0.2) is 4.98 Å². The van der Waals surface area contributed by atoms with Gasteiger partial charge in [-0.2, -0.15) is 0 Å². The first-order valence-corrected chi connectivity index (χ1v) is 11.4. The first-order valence-electron chi connectivity index (χ1n) is 11.4. The highest BCUT2D eigenvalue weighted by Gasteiger charge is 2.16. The van der Waals surface area contributed by atoms with Gasteiger partial charge in [0.1, 0.15) is 17.4 Å². The van der Waals surface area contributed by atoms with Gasteiger partial charge in [0.25, 0.3) is 0 Å². The molecule has 5 aromatic rings. The lowest BCUT2D eigenvalue weighted by Gasteiger charge is -2.19. The van der Waals surface area contributed by atoms with Gasteiger partial charge in [-0.1, -0.05) is 48.5 Å². The van der Waals surface area contributed by atoms with Crippen LogP contribution in [0.3, 0.4) is 0 Å². The molecule has 2 heterocycles. The summed E-state index contributed by atoms with van der Waals surface area (Å²) in [5, 5.41) is 7.41. The second kappa shape index (κ2) is 9.73. The van der Waals surface area contributed by atoms with Crippen LogP contribution in [0.15, 0.2) is 102 Å². The zero-order valence-corrected chi connectivity index (χ0v) is 19.7. The molecular weight excluding hydrogens is 436 g/mol. The number of hydrogen-bond acceptors (Lipinski definition) is 5. The summed E-state index contributed by atoms with van der Waals surface area (Å²) in [5.41, 5.74) is 4.30. The van der Waals surface area contributed by atoms with Gasteiger partial charge < -0.3 is 15.4 Å². The van der Waals surface area contributed by atoms with E-state index in [4.69, 9.17) is 9.72 Å². The van der Waals surface area contributed by atoms with Crippen molar-refractivity contribution in [2.45, 2.75) is 13.5 Å². The molecule has 6 heteroatoms. The van der Waals surface area contributed by atoms with Gasteiger partial charge in [0.2, 0.25) is 0 Å². The van der Waals surface area contributed by atoms with E-state index >= 15 is 0 Å². The number of para-hydroxylation sites is 2. The second-order valence-corrected chi connectivity index (χ2v) is 8.28. The highest BCUT2D eigenvalue weighted by molar-refractivity contribution is 5.85. The fraction of sp³-hybridized carbons (Fsp3) is 0.103. The van der Waals surface area contributed by atoms with E-state index in [1.165, 1.54) is 0 Å². The molecule has 35 heavy (non-hydrogen) atoms. The average molecular weight is 463 g/mol. The van der Waals surface area contributed by atoms with Crippen molar-refractivity contribution in [2.75, 3.05) is 17.7 Å². The number of pyridine rings is 2. The first kappa shape index (κ1) is 22.2. The van der Waals surface area contributed by atoms with E-state index in [1.807, 2.05) is 102 Å². The van der Waals surface area contributed by atoms with Crippen molar-refractivity contribution in [3.8, 4) is 11.4 Å². The lowest BCUT2D eigenvalue weighted by Crippen LogP contribution is -2.15. The summed E-state index contributed by atoms with van der Waals surface area (Å²) in [5.74, 6) is 2.17. The number of aryl methyl sites for hydroxylation is 1. The lowest BCUT2D eigenvalue weighted by atomic mass is 10.1. The number of aromatic nitrogens is 2. The van der Waals surface area contributed by atoms with Crippen molar-refractivity contribution in [3.63, 3.8) is 0 Å². The van der Waals surface area contributed by atoms with Gasteiger partial charge in [-0.3, -0.25) is 9.36 Å². The third kappa shape index (κ3) is 4.73. The summed E-state index contributed by atoms with van der Waals surface area (Å²) in [6.07, 6.45) is 0. The zero-order valence-electron chi connectivity index (χ0n) is 19.7. The summed E-state index contributed by atoms with van der Waals surface area (Å²) in [6, 6.07) is 31.2. The Balaban J connectivity index is 1.62. The summed E-state index contributed by atoms with van der Waals surface area (Å²) in [6.45, 7) is 2.54. The predicted octanol–water partition coefficient (Wildman–Crippen LogP) is 6.06. The molecule has 0 bridgehead atoms. The lowest BCUT2D eigenvalue weighted by molar-refractivity contribution is 0.414. The van der Waals surface area contributed by atoms with Gasteiger partial charge in [0.15, 0.2) is 11.1 Å². The molecule has 174 valence electrons. The van der Waals surface area contributed by atoms with Gasteiger partial charge in [-0.15, -0.1) is 0 Å². The van der Waals surface area contributed by atoms with Gasteiger partial charge in [-0.05, 0) is 60.5 Å². The number of rotatable bonds is 7. The Morgan fingerprint density at radius 1 is 0.886 bits per heavy atom. The average Bonchev–Trinajstić information content (AvgIpc) is 2.88. The number of methoxy groups -OCH3 is 1. The smallest absolute Gasteiger partial charge is 0.193 e. The molecular formula is C29H26N4O2. The molecule has 0 saturated heterocycles. The van der Waals surface area contributed by atoms with Crippen LogP contribution in [0.2, 0.25) is 0 Å². The maximum atomic E-state index is 13.2. The minimum Gasteiger partial charge on any atom is -0.497 e. The van der Waals surface area contributed by atoms with E-state index in [9.17, 15) is 4.79 Å². The maximum absolute atomic E-state index is 13.2. The maximum Gasteiger partial charge on any atom is 0.193 e. The fourth-order valence-electron chi connectivity index (χ4n) is 4.12. The molecule has 5 rings (SSSR count). The molecule has 0 unspecified atom stereocenters. The topological polar surface area (TPSA) is 68.2 Å². The van der Waals surface area contributed by atoms with Gasteiger partial charge >= 0.3 is 0 Å². The molecule has 0 radical (unpaired) electrons. The highest BCUT2D eigenvalue weighted by Crippen LogP contribution is 2.27. The van der Waals surface area contributed by atoms with E-state index < -0.39 is 0 Å². The number of fused-ring (bicyclic) bond motifs is 1. The van der Waals surface area contributed by atoms with Crippen LogP contribution in [0.4, 0.5) is 17.3 Å². The number of nitrogens with zero attached hydrogens (tertiary/aromatic N) is 2. The SMILES string of the molecule is COc1ccc(CNc2cc(C)c3c(=O)cc(Nc4ccccc4)n(-c4ccccc4)c3n2)cc1. The Kier molecular flexibility index (Phi) is 6.18. The number of anilines is 3. The quantitative estimate of drug-likeness (QED) is 0.308. The molecule has 2 N–H and O–H groups in total. The molecule has 0 spiro atoms. The van der Waals surface area contributed by atoms with Gasteiger partial charge in [0.05, 0.1) is 12.5 Å². The van der Waals surface area contributed by atoms with Crippen molar-refractivity contribution in [1.29, 1.82) is 0 Å². The number of hydrogen-bond donors (Lipinski definition) is 2. The Hall–Kier alpha value is -4.58. The molecule has 0 saturated carbocycles. The Bertz CT molecular complexity index is 1510. The molecule has 0 aliphatic rings. The zero-order chi connectivity index (χ0) is 24.2. The molecule has 3 aromatic carbocycles. The van der Waals surface area contributed by atoms with Crippen LogP contribution < -0.4 is 20.8 Å². The van der Waals surface area contributed by atoms with Crippen molar-refractivity contribution in [2.24, 2.45) is 0 Å². The Morgan fingerprint density at radius 2 is 1.57 bits per heavy atom. The summed E-state index contributed by atoms with van der Waals surface area (Å²) >= 11 is 0. The number of benzene rings is 3. The van der Waals surface area contributed by atoms with Crippen LogP contribution in [0.25, 0.3) is 16.7 Å². The molecule has 0 atom stereocenters. The monoisotopic (exact) mass is 462 g/mol. The second-order valence-electron chi connectivity index (χ2n) is 8.28. The summed E-state index contributed by atoms with van der Waals surface area (Å²) in [4.78, 5) is 18.1. The van der Waals surface area contributed by atoms with Crippen LogP contribution in [0, 0.1) is 6.92 Å². The van der Waals surface area contributed by atoms with Crippen molar-refractivity contribution < 1.29 is 4.74 Å². The van der Waals surface area contributed by atoms with Crippen molar-refractivity contribution in [1.82, 2.24) is 9.55 Å². The third-order valence-corrected chi connectivity index (χ3v) is 5.86. The van der Waals surface area contributed by atoms with Crippen LogP contribution >= 0.6 is 0 Å². The number of ether oxygens (including phenoxy) is 1. The highest BCUT2D eigenvalue weighted by atomic mass is 16.5. The first-order chi connectivity index (χ1) is 17.1. The molecule has 0 aliphatic carbocycles. The van der Waals surface area contributed by atoms with E-state index in [0.29, 0.717) is 29.2 Å². The molecule has 0 aliphatic heterocycles. The summed E-state index contributed by atoms with van der Waals surface area (Å²) in [7, 11) is 1.65. The van der Waals surface area contributed by atoms with E-state index in [1.54, 1.807) is 13.2 Å². The largest absolute Gasteiger partial charge is 0.497 e. The van der Waals surface area contributed by atoms with Crippen molar-refractivity contribution >= 4 is 28.4 Å². The van der Waals surface area contributed by atoms with Crippen LogP contribution in [0.5, 0.6) is 5.75 Å². The standard InChI is InChI=1S/C29H26N4O2/c1-20-17-26(30-19-21-13-15-24(35-2)16-14-21)32-29-28(20)25(34)18-27(31-22-9-5-3-6-10-22)33(29)23-11-7-4-8-12-23/h3-18,31H,19H2,1-2H3,(H,30,32). The molecule has 0 fully saturated rings. The van der Waals surface area contributed by atoms with E-state index in [0.717, 1.165) is 28.3 Å². The Morgan fingerprint density at radius 3 is 2.26 bits per heavy atom. The van der Waals surface area contributed by atoms with E-state index in [2.05, 4.69) is 10.6 Å². The summed E-state index contributed by atoms with van der Waals surface area (Å²) < 4.78 is 7.24. The number of nitrogens with one attached hydrogen (secondary N) is 2. The Labute approximate surface area is 203 Å². The van der Waals surface area contributed by atoms with Crippen LogP contribution in [0.1, 0.15) is 11.1 Å². The fourth-order valence-corrected chi connectivity index (χ4v) is 4.12. The van der Waals surface area contributed by atoms with Crippen LogP contribution in [-0.4, -0.2) is 16.7 Å². The van der Waals surface area contributed by atoms with Crippen molar-refractivity contribution in [3.05, 3.63) is 118 Å². The van der Waals surface area contributed by atoms with Gasteiger partial charge in [0, 0.05) is 24.0 Å². The van der Waals surface area contributed by atoms with E-state index in [-0.39, 0.29) is 5.43 Å². The molecule has 2 aromatic heterocycles. The minimum absolute atomic E-state index is 0.0719. The third-order valence-electron chi connectivity index (χ3n) is 5.86. The minimum atomic E-state index is -0.0719. The molecule has 6 nitrogen and oxygen atoms in total. The van der Waals surface area contributed by atoms with Crippen LogP contribution in [-0.2, 0) is 6.54 Å². The predicted molar refractivity (Wildman–Crippen MR) is 142 cm³/mol.